The third kappa shape index (κ3) is 4.98. The minimum atomic E-state index is -3.40. The molecule has 7 heteroatoms. The van der Waals surface area contributed by atoms with E-state index in [1.54, 1.807) is 0 Å². The highest BCUT2D eigenvalue weighted by atomic mass is 31.2. The minimum absolute atomic E-state index is 0.553. The Bertz CT molecular complexity index is 2870. The summed E-state index contributed by atoms with van der Waals surface area (Å²) in [7, 11) is -5.84. The fourth-order valence-corrected chi connectivity index (χ4v) is 16.4. The fourth-order valence-electron chi connectivity index (χ4n) is 8.21. The average molecular weight is 731 g/mol. The van der Waals surface area contributed by atoms with Crippen LogP contribution in [0.4, 0.5) is 0 Å². The largest absolute Gasteiger partial charge is 0.309 e. The summed E-state index contributed by atoms with van der Waals surface area (Å²) in [5, 5.41) is 7.27. The normalized spacial score (nSPS) is 15.9. The maximum absolute atomic E-state index is 16.5. The zero-order valence-corrected chi connectivity index (χ0v) is 31.8. The number of rotatable bonds is 5. The van der Waals surface area contributed by atoms with Gasteiger partial charge in [-0.3, -0.25) is 0 Å². The highest BCUT2D eigenvalue weighted by Gasteiger charge is 2.46. The van der Waals surface area contributed by atoms with Crippen molar-refractivity contribution in [2.75, 3.05) is 0 Å². The van der Waals surface area contributed by atoms with Gasteiger partial charge < -0.3 is 9.13 Å². The monoisotopic (exact) mass is 730 g/mol. The van der Waals surface area contributed by atoms with Crippen molar-refractivity contribution < 1.29 is 4.57 Å². The molecular weight excluding hydrogens is 696 g/mol. The van der Waals surface area contributed by atoms with Gasteiger partial charge >= 0.3 is 0 Å². The maximum atomic E-state index is 16.5. The standard InChI is InChI=1S/C47H35N4OPSi/c1-54(2)43-28-27-34(47-49-45(32-17-7-3-8-18-32)48-46(50-47)33-19-9-4-10-20-33)29-41(43)53(52,36-23-13-6-14-24-36)42-30-38-37-25-15-16-26-39(37)51(40(38)31-44(42)54)35-21-11-5-12-22-35/h3-31H,1-2H3. The van der Waals surface area contributed by atoms with Crippen molar-refractivity contribution in [3.8, 4) is 39.9 Å². The predicted octanol–water partition coefficient (Wildman–Crippen LogP) is 8.75. The molecule has 3 heterocycles. The molecule has 0 fully saturated rings. The van der Waals surface area contributed by atoms with Gasteiger partial charge in [0.25, 0.3) is 0 Å². The lowest BCUT2D eigenvalue weighted by atomic mass is 10.1. The predicted molar refractivity (Wildman–Crippen MR) is 227 cm³/mol. The zero-order valence-electron chi connectivity index (χ0n) is 29.9. The van der Waals surface area contributed by atoms with Crippen LogP contribution in [0.3, 0.4) is 0 Å². The summed E-state index contributed by atoms with van der Waals surface area (Å²) in [5.74, 6) is 1.75. The van der Waals surface area contributed by atoms with Crippen molar-refractivity contribution in [1.82, 2.24) is 19.5 Å². The van der Waals surface area contributed by atoms with E-state index in [0.717, 1.165) is 60.1 Å². The first kappa shape index (κ1) is 32.4. The molecule has 54 heavy (non-hydrogen) atoms. The Labute approximate surface area is 315 Å². The highest BCUT2D eigenvalue weighted by Crippen LogP contribution is 2.46. The van der Waals surface area contributed by atoms with Gasteiger partial charge in [-0.1, -0.05) is 153 Å². The molecule has 2 aromatic heterocycles. The lowest BCUT2D eigenvalue weighted by Gasteiger charge is -2.38. The summed E-state index contributed by atoms with van der Waals surface area (Å²) in [4.78, 5) is 15.0. The van der Waals surface area contributed by atoms with Gasteiger partial charge in [0.05, 0.1) is 11.0 Å². The van der Waals surface area contributed by atoms with Crippen LogP contribution in [0.25, 0.3) is 61.7 Å². The first-order valence-electron chi connectivity index (χ1n) is 18.2. The molecule has 0 saturated carbocycles. The molecule has 1 atom stereocenters. The molecule has 258 valence electrons. The molecule has 1 unspecified atom stereocenters. The smallest absolute Gasteiger partial charge is 0.170 e. The Morgan fingerprint density at radius 3 is 1.61 bits per heavy atom. The van der Waals surface area contributed by atoms with Crippen LogP contribution in [0, 0.1) is 0 Å². The molecule has 5 nitrogen and oxygen atoms in total. The molecule has 0 aliphatic carbocycles. The van der Waals surface area contributed by atoms with Crippen molar-refractivity contribution in [2.24, 2.45) is 0 Å². The van der Waals surface area contributed by atoms with Gasteiger partial charge in [-0.15, -0.1) is 0 Å². The Morgan fingerprint density at radius 2 is 0.981 bits per heavy atom. The quantitative estimate of drug-likeness (QED) is 0.131. The molecule has 0 bridgehead atoms. The molecule has 10 rings (SSSR count). The maximum Gasteiger partial charge on any atom is 0.170 e. The van der Waals surface area contributed by atoms with Crippen LogP contribution in [0.5, 0.6) is 0 Å². The lowest BCUT2D eigenvalue weighted by Crippen LogP contribution is -2.67. The van der Waals surface area contributed by atoms with Crippen LogP contribution in [-0.4, -0.2) is 27.6 Å². The lowest BCUT2D eigenvalue weighted by molar-refractivity contribution is 0.592. The van der Waals surface area contributed by atoms with Crippen LogP contribution in [0.2, 0.25) is 13.1 Å². The molecule has 9 aromatic rings. The molecule has 0 amide bonds. The number of aromatic nitrogens is 4. The van der Waals surface area contributed by atoms with Gasteiger partial charge in [-0.2, -0.15) is 0 Å². The Morgan fingerprint density at radius 1 is 0.463 bits per heavy atom. The summed E-state index contributed by atoms with van der Waals surface area (Å²) >= 11 is 0. The minimum Gasteiger partial charge on any atom is -0.309 e. The van der Waals surface area contributed by atoms with E-state index in [-0.39, 0.29) is 0 Å². The van der Waals surface area contributed by atoms with Crippen LogP contribution in [0.1, 0.15) is 0 Å². The molecule has 0 N–H and O–H groups in total. The Balaban J connectivity index is 1.25. The SMILES string of the molecule is C[Si]1(C)c2ccc(-c3nc(-c4ccccc4)nc(-c4ccccc4)n3)cc2P(=O)(c2ccccc2)c2cc3c4ccccc4n(-c4ccccc4)c3cc21. The van der Waals surface area contributed by atoms with Gasteiger partial charge in [0.1, 0.15) is 8.07 Å². The number of hydrogen-bond donors (Lipinski definition) is 0. The third-order valence-corrected chi connectivity index (χ3v) is 18.0. The van der Waals surface area contributed by atoms with E-state index in [1.807, 2.05) is 91.0 Å². The summed E-state index contributed by atoms with van der Waals surface area (Å²) in [6, 6.07) is 60.3. The second-order valence-electron chi connectivity index (χ2n) is 14.4. The average Bonchev–Trinajstić information content (AvgIpc) is 3.57. The first-order chi connectivity index (χ1) is 26.4. The van der Waals surface area contributed by atoms with Gasteiger partial charge in [0, 0.05) is 49.1 Å². The second kappa shape index (κ2) is 12.4. The summed E-state index contributed by atoms with van der Waals surface area (Å²) in [5.41, 5.74) is 6.01. The van der Waals surface area contributed by atoms with E-state index in [2.05, 4.69) is 103 Å². The first-order valence-corrected chi connectivity index (χ1v) is 22.9. The van der Waals surface area contributed by atoms with E-state index < -0.39 is 15.2 Å². The molecule has 7 aromatic carbocycles. The number of nitrogens with zero attached hydrogens (tertiary/aromatic N) is 4. The van der Waals surface area contributed by atoms with Gasteiger partial charge in [-0.05, 0) is 46.8 Å². The van der Waals surface area contributed by atoms with Gasteiger partial charge in [0.15, 0.2) is 24.6 Å². The summed E-state index contributed by atoms with van der Waals surface area (Å²) in [6.45, 7) is 4.79. The van der Waals surface area contributed by atoms with Crippen LogP contribution in [0.15, 0.2) is 176 Å². The van der Waals surface area contributed by atoms with Crippen LogP contribution >= 0.6 is 7.14 Å². The van der Waals surface area contributed by atoms with E-state index in [1.165, 1.54) is 10.4 Å². The third-order valence-electron chi connectivity index (χ3n) is 10.9. The molecule has 1 aliphatic rings. The molecular formula is C47H35N4OPSi. The molecule has 0 radical (unpaired) electrons. The van der Waals surface area contributed by atoms with Crippen LogP contribution < -0.4 is 26.3 Å². The topological polar surface area (TPSA) is 60.7 Å². The zero-order chi connectivity index (χ0) is 36.4. The number of benzene rings is 7. The molecule has 0 saturated heterocycles. The summed E-state index contributed by atoms with van der Waals surface area (Å²) in [6.07, 6.45) is 0. The van der Waals surface area contributed by atoms with Gasteiger partial charge in [-0.25, -0.2) is 15.0 Å². The Kier molecular flexibility index (Phi) is 7.48. The fraction of sp³-hybridized carbons (Fsp3) is 0.0426. The Hall–Kier alpha value is -6.20. The van der Waals surface area contributed by atoms with Gasteiger partial charge in [0.2, 0.25) is 0 Å². The van der Waals surface area contributed by atoms with Crippen LogP contribution in [-0.2, 0) is 4.57 Å². The number of hydrogen-bond acceptors (Lipinski definition) is 4. The number of fused-ring (bicyclic) bond motifs is 5. The van der Waals surface area contributed by atoms with Crippen molar-refractivity contribution >= 4 is 63.3 Å². The van der Waals surface area contributed by atoms with Crippen molar-refractivity contribution in [3.05, 3.63) is 176 Å². The summed E-state index contributed by atoms with van der Waals surface area (Å²) < 4.78 is 18.9. The second-order valence-corrected chi connectivity index (χ2v) is 21.4. The van der Waals surface area contributed by atoms with E-state index in [0.29, 0.717) is 17.5 Å². The van der Waals surface area contributed by atoms with E-state index in [4.69, 9.17) is 15.0 Å². The highest BCUT2D eigenvalue weighted by molar-refractivity contribution is 7.87. The van der Waals surface area contributed by atoms with E-state index >= 15 is 4.57 Å². The molecule has 0 spiro atoms. The van der Waals surface area contributed by atoms with Crippen molar-refractivity contribution in [1.29, 1.82) is 0 Å². The molecule has 1 aliphatic heterocycles. The number of para-hydroxylation sites is 2. The van der Waals surface area contributed by atoms with Crippen molar-refractivity contribution in [2.45, 2.75) is 13.1 Å². The van der Waals surface area contributed by atoms with Crippen molar-refractivity contribution in [3.63, 3.8) is 0 Å². The van der Waals surface area contributed by atoms with E-state index in [9.17, 15) is 0 Å².